The molecule has 0 spiro atoms. The van der Waals surface area contributed by atoms with Crippen LogP contribution in [-0.2, 0) is 4.79 Å². The Morgan fingerprint density at radius 2 is 2.50 bits per heavy atom. The molecule has 0 aromatic rings. The average Bonchev–Trinajstić information content (AvgIpc) is 2.27. The van der Waals surface area contributed by atoms with Crippen molar-refractivity contribution < 1.29 is 4.79 Å². The Morgan fingerprint density at radius 1 is 1.60 bits per heavy atom. The largest absolute Gasteiger partial charge is 0.353 e. The zero-order chi connectivity index (χ0) is 6.97. The minimum atomic E-state index is 0.262. The lowest BCUT2D eigenvalue weighted by Crippen LogP contribution is -2.32. The smallest absolute Gasteiger partial charge is 0.220 e. The standard InChI is InChI=1S/C7H11NOS/c9-7-3-5-4-10-2-1-6(5)8-7/h5-6H,1-4H2,(H,8,9). The molecule has 2 unspecified atom stereocenters. The fourth-order valence-corrected chi connectivity index (χ4v) is 2.93. The molecule has 2 atom stereocenters. The molecular weight excluding hydrogens is 146 g/mol. The van der Waals surface area contributed by atoms with Gasteiger partial charge in [-0.1, -0.05) is 0 Å². The fourth-order valence-electron chi connectivity index (χ4n) is 1.69. The summed E-state index contributed by atoms with van der Waals surface area (Å²) in [5.41, 5.74) is 0. The van der Waals surface area contributed by atoms with Gasteiger partial charge in [0.05, 0.1) is 0 Å². The van der Waals surface area contributed by atoms with Crippen LogP contribution in [0.2, 0.25) is 0 Å². The second kappa shape index (κ2) is 2.46. The minimum absolute atomic E-state index is 0.262. The van der Waals surface area contributed by atoms with Crippen LogP contribution < -0.4 is 5.32 Å². The quantitative estimate of drug-likeness (QED) is 0.558. The molecule has 0 aliphatic carbocycles. The van der Waals surface area contributed by atoms with Crippen molar-refractivity contribution in [2.75, 3.05) is 11.5 Å². The third kappa shape index (κ3) is 1.03. The SMILES string of the molecule is O=C1CC2CSCCC2N1. The molecule has 0 bridgehead atoms. The van der Waals surface area contributed by atoms with Gasteiger partial charge in [0, 0.05) is 12.5 Å². The number of amides is 1. The van der Waals surface area contributed by atoms with E-state index in [0.717, 1.165) is 6.42 Å². The Kier molecular flexibility index (Phi) is 1.60. The molecule has 0 radical (unpaired) electrons. The van der Waals surface area contributed by atoms with Crippen LogP contribution in [0.1, 0.15) is 12.8 Å². The zero-order valence-corrected chi connectivity index (χ0v) is 6.62. The predicted octanol–water partition coefficient (Wildman–Crippen LogP) is 0.628. The number of hydrogen-bond donors (Lipinski definition) is 1. The molecule has 0 aromatic heterocycles. The van der Waals surface area contributed by atoms with Crippen LogP contribution in [0.3, 0.4) is 0 Å². The fraction of sp³-hybridized carbons (Fsp3) is 0.857. The van der Waals surface area contributed by atoms with E-state index in [1.807, 2.05) is 11.8 Å². The Hall–Kier alpha value is -0.180. The first-order valence-electron chi connectivity index (χ1n) is 3.73. The summed E-state index contributed by atoms with van der Waals surface area (Å²) in [7, 11) is 0. The number of carbonyl (C=O) groups excluding carboxylic acids is 1. The van der Waals surface area contributed by atoms with E-state index in [4.69, 9.17) is 0 Å². The van der Waals surface area contributed by atoms with Crippen LogP contribution in [-0.4, -0.2) is 23.5 Å². The van der Waals surface area contributed by atoms with Crippen molar-refractivity contribution in [3.63, 3.8) is 0 Å². The second-order valence-electron chi connectivity index (χ2n) is 3.00. The van der Waals surface area contributed by atoms with E-state index in [0.29, 0.717) is 12.0 Å². The van der Waals surface area contributed by atoms with Gasteiger partial charge in [0.15, 0.2) is 0 Å². The first-order chi connectivity index (χ1) is 4.86. The highest BCUT2D eigenvalue weighted by Crippen LogP contribution is 2.29. The molecular formula is C7H11NOS. The van der Waals surface area contributed by atoms with Gasteiger partial charge >= 0.3 is 0 Å². The number of rotatable bonds is 0. The second-order valence-corrected chi connectivity index (χ2v) is 4.15. The van der Waals surface area contributed by atoms with Crippen molar-refractivity contribution in [1.82, 2.24) is 5.32 Å². The summed E-state index contributed by atoms with van der Waals surface area (Å²) in [6.07, 6.45) is 1.96. The van der Waals surface area contributed by atoms with Crippen molar-refractivity contribution in [1.29, 1.82) is 0 Å². The summed E-state index contributed by atoms with van der Waals surface area (Å²) >= 11 is 1.98. The third-order valence-electron chi connectivity index (χ3n) is 2.27. The predicted molar refractivity (Wildman–Crippen MR) is 42.0 cm³/mol. The van der Waals surface area contributed by atoms with E-state index in [1.54, 1.807) is 0 Å². The van der Waals surface area contributed by atoms with Gasteiger partial charge in [0.2, 0.25) is 5.91 Å². The number of carbonyl (C=O) groups is 1. The molecule has 2 saturated heterocycles. The van der Waals surface area contributed by atoms with Gasteiger partial charge in [0.25, 0.3) is 0 Å². The Labute approximate surface area is 64.8 Å². The van der Waals surface area contributed by atoms with Crippen LogP contribution in [0.5, 0.6) is 0 Å². The van der Waals surface area contributed by atoms with Crippen LogP contribution in [0, 0.1) is 5.92 Å². The molecule has 2 rings (SSSR count). The lowest BCUT2D eigenvalue weighted by atomic mass is 10.0. The summed E-state index contributed by atoms with van der Waals surface area (Å²) in [5, 5.41) is 3.00. The normalized spacial score (nSPS) is 39.0. The molecule has 2 heterocycles. The minimum Gasteiger partial charge on any atom is -0.353 e. The van der Waals surface area contributed by atoms with E-state index >= 15 is 0 Å². The molecule has 2 aliphatic rings. The number of nitrogens with one attached hydrogen (secondary N) is 1. The third-order valence-corrected chi connectivity index (χ3v) is 3.46. The Morgan fingerprint density at radius 3 is 3.30 bits per heavy atom. The average molecular weight is 157 g/mol. The molecule has 0 aromatic carbocycles. The van der Waals surface area contributed by atoms with Crippen LogP contribution in [0.25, 0.3) is 0 Å². The maximum Gasteiger partial charge on any atom is 0.220 e. The maximum absolute atomic E-state index is 10.9. The van der Waals surface area contributed by atoms with Gasteiger partial charge in [-0.25, -0.2) is 0 Å². The van der Waals surface area contributed by atoms with E-state index < -0.39 is 0 Å². The van der Waals surface area contributed by atoms with Gasteiger partial charge in [-0.2, -0.15) is 11.8 Å². The lowest BCUT2D eigenvalue weighted by Gasteiger charge is -2.22. The summed E-state index contributed by atoms with van der Waals surface area (Å²) < 4.78 is 0. The van der Waals surface area contributed by atoms with Gasteiger partial charge in [-0.3, -0.25) is 4.79 Å². The summed E-state index contributed by atoms with van der Waals surface area (Å²) in [6.45, 7) is 0. The topological polar surface area (TPSA) is 29.1 Å². The van der Waals surface area contributed by atoms with Crippen molar-refractivity contribution in [3.05, 3.63) is 0 Å². The van der Waals surface area contributed by atoms with Crippen LogP contribution in [0.15, 0.2) is 0 Å². The summed E-state index contributed by atoms with van der Waals surface area (Å²) in [4.78, 5) is 10.9. The van der Waals surface area contributed by atoms with Gasteiger partial charge in [-0.15, -0.1) is 0 Å². The highest BCUT2D eigenvalue weighted by atomic mass is 32.2. The van der Waals surface area contributed by atoms with Crippen molar-refractivity contribution >= 4 is 17.7 Å². The van der Waals surface area contributed by atoms with E-state index in [1.165, 1.54) is 17.9 Å². The molecule has 56 valence electrons. The molecule has 1 N–H and O–H groups in total. The van der Waals surface area contributed by atoms with Crippen molar-refractivity contribution in [2.24, 2.45) is 5.92 Å². The number of thioether (sulfide) groups is 1. The van der Waals surface area contributed by atoms with E-state index in [9.17, 15) is 4.79 Å². The molecule has 0 saturated carbocycles. The van der Waals surface area contributed by atoms with Gasteiger partial charge in [0.1, 0.15) is 0 Å². The number of fused-ring (bicyclic) bond motifs is 1. The monoisotopic (exact) mass is 157 g/mol. The maximum atomic E-state index is 10.9. The highest BCUT2D eigenvalue weighted by Gasteiger charge is 2.33. The Balaban J connectivity index is 2.04. The zero-order valence-electron chi connectivity index (χ0n) is 5.80. The van der Waals surface area contributed by atoms with Crippen molar-refractivity contribution in [2.45, 2.75) is 18.9 Å². The summed E-state index contributed by atoms with van der Waals surface area (Å²) in [5.74, 6) is 3.31. The molecule has 2 nitrogen and oxygen atoms in total. The number of hydrogen-bond acceptors (Lipinski definition) is 2. The summed E-state index contributed by atoms with van der Waals surface area (Å²) in [6, 6.07) is 0.522. The van der Waals surface area contributed by atoms with E-state index in [-0.39, 0.29) is 5.91 Å². The molecule has 1 amide bonds. The van der Waals surface area contributed by atoms with Crippen LogP contribution >= 0.6 is 11.8 Å². The van der Waals surface area contributed by atoms with Crippen LogP contribution in [0.4, 0.5) is 0 Å². The molecule has 2 fully saturated rings. The Bertz CT molecular complexity index is 144. The van der Waals surface area contributed by atoms with Crippen molar-refractivity contribution in [3.8, 4) is 0 Å². The van der Waals surface area contributed by atoms with Gasteiger partial charge < -0.3 is 5.32 Å². The van der Waals surface area contributed by atoms with Gasteiger partial charge in [-0.05, 0) is 23.8 Å². The van der Waals surface area contributed by atoms with E-state index in [2.05, 4.69) is 5.32 Å². The first-order valence-corrected chi connectivity index (χ1v) is 4.89. The molecule has 10 heavy (non-hydrogen) atoms. The molecule has 3 heteroatoms. The highest BCUT2D eigenvalue weighted by molar-refractivity contribution is 7.99. The lowest BCUT2D eigenvalue weighted by molar-refractivity contribution is -0.119. The first kappa shape index (κ1) is 6.53. The molecule has 2 aliphatic heterocycles.